The molecular weight excluding hydrogens is 474 g/mol. The molecule has 1 aromatic carbocycles. The van der Waals surface area contributed by atoms with E-state index in [-0.39, 0.29) is 23.7 Å². The van der Waals surface area contributed by atoms with Gasteiger partial charge in [-0.15, -0.1) is 0 Å². The van der Waals surface area contributed by atoms with Crippen molar-refractivity contribution in [1.29, 1.82) is 0 Å². The molecule has 14 heteroatoms. The lowest BCUT2D eigenvalue weighted by atomic mass is 10.0. The van der Waals surface area contributed by atoms with Crippen LogP contribution in [0.25, 0.3) is 0 Å². The van der Waals surface area contributed by atoms with Crippen molar-refractivity contribution in [2.24, 2.45) is 11.5 Å². The fourth-order valence-electron chi connectivity index (χ4n) is 2.58. The molecule has 0 heterocycles. The average Bonchev–Trinajstić information content (AvgIpc) is 2.76. The van der Waals surface area contributed by atoms with Gasteiger partial charge in [-0.3, -0.25) is 19.2 Å². The van der Waals surface area contributed by atoms with Crippen LogP contribution >= 0.6 is 25.3 Å². The van der Waals surface area contributed by atoms with Crippen LogP contribution < -0.4 is 27.4 Å². The van der Waals surface area contributed by atoms with Crippen LogP contribution in [0.2, 0.25) is 0 Å². The van der Waals surface area contributed by atoms with E-state index in [0.29, 0.717) is 5.56 Å². The second-order valence-corrected chi connectivity index (χ2v) is 7.76. The van der Waals surface area contributed by atoms with E-state index in [9.17, 15) is 34.2 Å². The molecule has 0 aliphatic carbocycles. The first kappa shape index (κ1) is 28.1. The Morgan fingerprint density at radius 2 is 1.36 bits per heavy atom. The number of primary amides is 1. The van der Waals surface area contributed by atoms with E-state index < -0.39 is 60.2 Å². The lowest BCUT2D eigenvalue weighted by Crippen LogP contribution is -2.58. The van der Waals surface area contributed by atoms with Gasteiger partial charge in [0.2, 0.25) is 23.6 Å². The van der Waals surface area contributed by atoms with Crippen LogP contribution in [0.15, 0.2) is 24.3 Å². The Morgan fingerprint density at radius 1 is 0.848 bits per heavy atom. The van der Waals surface area contributed by atoms with Crippen LogP contribution in [-0.2, 0) is 30.4 Å². The molecule has 1 aromatic rings. The number of benzene rings is 1. The van der Waals surface area contributed by atoms with Crippen LogP contribution in [0, 0.1) is 0 Å². The molecule has 0 aliphatic heterocycles. The first-order valence-electron chi connectivity index (χ1n) is 9.65. The van der Waals surface area contributed by atoms with Gasteiger partial charge in [0, 0.05) is 17.9 Å². The number of hydrogen-bond acceptors (Lipinski definition) is 9. The number of thiol groups is 2. The molecule has 0 bridgehead atoms. The maximum Gasteiger partial charge on any atom is 0.327 e. The molecule has 4 unspecified atom stereocenters. The van der Waals surface area contributed by atoms with Crippen molar-refractivity contribution in [3.05, 3.63) is 29.8 Å². The molecule has 0 spiro atoms. The summed E-state index contributed by atoms with van der Waals surface area (Å²) in [5, 5.41) is 25.6. The second-order valence-electron chi connectivity index (χ2n) is 7.03. The third-order valence-electron chi connectivity index (χ3n) is 4.38. The van der Waals surface area contributed by atoms with E-state index in [1.54, 1.807) is 0 Å². The zero-order valence-electron chi connectivity index (χ0n) is 17.4. The van der Waals surface area contributed by atoms with Crippen molar-refractivity contribution >= 4 is 54.9 Å². The maximum absolute atomic E-state index is 12.8. The van der Waals surface area contributed by atoms with E-state index in [2.05, 4.69) is 41.2 Å². The van der Waals surface area contributed by atoms with Gasteiger partial charge in [-0.1, -0.05) is 12.1 Å². The number of carbonyl (C=O) groups excluding carboxylic acids is 4. The predicted octanol–water partition coefficient (Wildman–Crippen LogP) is -2.46. The molecule has 182 valence electrons. The summed E-state index contributed by atoms with van der Waals surface area (Å²) in [6.07, 6.45) is -0.664. The summed E-state index contributed by atoms with van der Waals surface area (Å²) < 4.78 is 0. The number of nitrogens with one attached hydrogen (secondary N) is 3. The fourth-order valence-corrected chi connectivity index (χ4v) is 2.99. The van der Waals surface area contributed by atoms with Crippen molar-refractivity contribution in [2.45, 2.75) is 37.0 Å². The predicted molar refractivity (Wildman–Crippen MR) is 125 cm³/mol. The first-order chi connectivity index (χ1) is 15.5. The minimum atomic E-state index is -1.43. The molecule has 0 fully saturated rings. The van der Waals surface area contributed by atoms with Crippen molar-refractivity contribution < 1.29 is 34.2 Å². The molecular formula is C19H27N5O7S2. The molecule has 9 N–H and O–H groups in total. The zero-order valence-corrected chi connectivity index (χ0v) is 19.2. The normalized spacial score (nSPS) is 14.3. The number of phenolic OH excluding ortho intramolecular Hbond substituents is 1. The Morgan fingerprint density at radius 3 is 1.85 bits per heavy atom. The fraction of sp³-hybridized carbons (Fsp3) is 0.421. The largest absolute Gasteiger partial charge is 0.508 e. The van der Waals surface area contributed by atoms with Crippen molar-refractivity contribution in [3.8, 4) is 5.75 Å². The topological polar surface area (TPSA) is 214 Å². The van der Waals surface area contributed by atoms with E-state index in [1.807, 2.05) is 0 Å². The number of nitrogens with two attached hydrogens (primary N) is 2. The Hall–Kier alpha value is -2.97. The van der Waals surface area contributed by atoms with E-state index in [0.717, 1.165) is 0 Å². The Labute approximate surface area is 200 Å². The number of carbonyl (C=O) groups is 5. The summed E-state index contributed by atoms with van der Waals surface area (Å²) in [6, 6.07) is 0.635. The highest BCUT2D eigenvalue weighted by atomic mass is 32.1. The van der Waals surface area contributed by atoms with E-state index in [1.165, 1.54) is 24.3 Å². The van der Waals surface area contributed by atoms with Crippen LogP contribution in [0.1, 0.15) is 12.0 Å². The van der Waals surface area contributed by atoms with E-state index >= 15 is 0 Å². The van der Waals surface area contributed by atoms with Crippen LogP contribution in [-0.4, -0.2) is 75.5 Å². The summed E-state index contributed by atoms with van der Waals surface area (Å²) in [5.74, 6) is -4.98. The van der Waals surface area contributed by atoms with Gasteiger partial charge in [-0.05, 0) is 17.7 Å². The van der Waals surface area contributed by atoms with Gasteiger partial charge in [0.15, 0.2) is 0 Å². The number of hydrogen-bond donors (Lipinski definition) is 9. The molecule has 0 saturated heterocycles. The summed E-state index contributed by atoms with van der Waals surface area (Å²) in [7, 11) is 0. The number of carboxylic acid groups (broad SMARTS) is 1. The van der Waals surface area contributed by atoms with Gasteiger partial charge < -0.3 is 37.6 Å². The number of rotatable bonds is 13. The number of phenols is 1. The van der Waals surface area contributed by atoms with Gasteiger partial charge in [0.25, 0.3) is 0 Å². The number of aliphatic carboxylic acids is 1. The molecule has 4 atom stereocenters. The van der Waals surface area contributed by atoms with Gasteiger partial charge >= 0.3 is 5.97 Å². The summed E-state index contributed by atoms with van der Waals surface area (Å²) in [4.78, 5) is 60.3. The molecule has 1 rings (SSSR count). The molecule has 12 nitrogen and oxygen atoms in total. The number of amides is 4. The first-order valence-corrected chi connectivity index (χ1v) is 10.9. The van der Waals surface area contributed by atoms with Crippen LogP contribution in [0.3, 0.4) is 0 Å². The van der Waals surface area contributed by atoms with Crippen molar-refractivity contribution in [1.82, 2.24) is 16.0 Å². The quantitative estimate of drug-likeness (QED) is 0.132. The highest BCUT2D eigenvalue weighted by molar-refractivity contribution is 7.80. The molecule has 0 aliphatic rings. The molecule has 33 heavy (non-hydrogen) atoms. The minimum Gasteiger partial charge on any atom is -0.508 e. The monoisotopic (exact) mass is 501 g/mol. The zero-order chi connectivity index (χ0) is 25.1. The van der Waals surface area contributed by atoms with Crippen LogP contribution in [0.4, 0.5) is 0 Å². The number of carboxylic acids is 1. The standard InChI is InChI=1S/C19H27N5O7S2/c20-11(7-32)16(27)22-13(6-15(21)26)18(29)23-12(5-9-1-3-10(25)4-2-9)17(28)24-14(8-33)19(30)31/h1-4,11-14,25,32-33H,5-8,20H2,(H2,21,26)(H,22,27)(H,23,29)(H,24,28)(H,30,31). The van der Waals surface area contributed by atoms with Gasteiger partial charge in [0.05, 0.1) is 12.5 Å². The summed E-state index contributed by atoms with van der Waals surface area (Å²) in [5.41, 5.74) is 11.3. The molecule has 0 radical (unpaired) electrons. The lowest BCUT2D eigenvalue weighted by molar-refractivity contribution is -0.141. The Bertz CT molecular complexity index is 869. The highest BCUT2D eigenvalue weighted by Crippen LogP contribution is 2.12. The third kappa shape index (κ3) is 9.59. The van der Waals surface area contributed by atoms with Gasteiger partial charge in [-0.2, -0.15) is 25.3 Å². The average molecular weight is 502 g/mol. The number of aromatic hydroxyl groups is 1. The molecule has 4 amide bonds. The van der Waals surface area contributed by atoms with Crippen LogP contribution in [0.5, 0.6) is 5.75 Å². The third-order valence-corrected chi connectivity index (χ3v) is 5.14. The second kappa shape index (κ2) is 13.5. The van der Waals surface area contributed by atoms with Crippen molar-refractivity contribution in [3.63, 3.8) is 0 Å². The van der Waals surface area contributed by atoms with Gasteiger partial charge in [-0.25, -0.2) is 4.79 Å². The minimum absolute atomic E-state index is 0.0189. The Balaban J connectivity index is 3.12. The van der Waals surface area contributed by atoms with E-state index in [4.69, 9.17) is 11.5 Å². The summed E-state index contributed by atoms with van der Waals surface area (Å²) >= 11 is 7.79. The summed E-state index contributed by atoms with van der Waals surface area (Å²) in [6.45, 7) is 0. The highest BCUT2D eigenvalue weighted by Gasteiger charge is 2.31. The maximum atomic E-state index is 12.8. The SMILES string of the molecule is NC(=O)CC(NC(=O)C(N)CS)C(=O)NC(Cc1ccc(O)cc1)C(=O)NC(CS)C(=O)O. The molecule has 0 saturated carbocycles. The lowest BCUT2D eigenvalue weighted by Gasteiger charge is -2.24. The van der Waals surface area contributed by atoms with Gasteiger partial charge in [0.1, 0.15) is 23.9 Å². The Kier molecular flexibility index (Phi) is 11.5. The smallest absolute Gasteiger partial charge is 0.327 e. The molecule has 0 aromatic heterocycles. The van der Waals surface area contributed by atoms with Crippen molar-refractivity contribution in [2.75, 3.05) is 11.5 Å².